The monoisotopic (exact) mass is 397 g/mol. The molecule has 0 atom stereocenters. The van der Waals surface area contributed by atoms with Crippen molar-refractivity contribution in [3.63, 3.8) is 0 Å². The van der Waals surface area contributed by atoms with Crippen LogP contribution in [-0.4, -0.2) is 32.2 Å². The first-order valence-electron chi connectivity index (χ1n) is 8.54. The molecule has 1 aliphatic carbocycles. The lowest BCUT2D eigenvalue weighted by Crippen LogP contribution is -2.62. The fourth-order valence-electron chi connectivity index (χ4n) is 3.22. The van der Waals surface area contributed by atoms with Gasteiger partial charge in [0.05, 0.1) is 4.90 Å². The van der Waals surface area contributed by atoms with E-state index in [-0.39, 0.29) is 16.7 Å². The maximum atomic E-state index is 13.3. The standard InChI is InChI=1S/C12H13F2NO.C7H8O3S/c13-8-1-2-11(10(14)3-8)16-9-4-12(5-9)6-15-7-12;1-6-2-4-7(5-3-6)11(8,9)10/h1-3,9,15H,4-7H2;2-5H,1H3,(H,8,9,10). The molecule has 2 aromatic rings. The van der Waals surface area contributed by atoms with Crippen molar-refractivity contribution in [2.75, 3.05) is 13.1 Å². The number of ether oxygens (including phenoxy) is 1. The molecule has 2 fully saturated rings. The summed E-state index contributed by atoms with van der Waals surface area (Å²) in [7, 11) is -4.02. The van der Waals surface area contributed by atoms with Crippen molar-refractivity contribution >= 4 is 10.1 Å². The highest BCUT2D eigenvalue weighted by molar-refractivity contribution is 7.85. The van der Waals surface area contributed by atoms with Gasteiger partial charge in [-0.25, -0.2) is 8.78 Å². The predicted octanol–water partition coefficient (Wildman–Crippen LogP) is 3.34. The third-order valence-corrected chi connectivity index (χ3v) is 5.70. The number of benzene rings is 2. The van der Waals surface area contributed by atoms with Crippen molar-refractivity contribution in [3.05, 3.63) is 59.7 Å². The summed E-state index contributed by atoms with van der Waals surface area (Å²) in [5, 5.41) is 3.23. The van der Waals surface area contributed by atoms with Crippen LogP contribution in [0, 0.1) is 24.0 Å². The topological polar surface area (TPSA) is 75.6 Å². The van der Waals surface area contributed by atoms with Gasteiger partial charge >= 0.3 is 0 Å². The van der Waals surface area contributed by atoms with Gasteiger partial charge in [0.1, 0.15) is 11.9 Å². The van der Waals surface area contributed by atoms with Crippen LogP contribution in [0.4, 0.5) is 8.78 Å². The molecule has 1 aliphatic heterocycles. The molecular weight excluding hydrogens is 376 g/mol. The molecular formula is C19H21F2NO4S. The molecule has 1 saturated heterocycles. The maximum absolute atomic E-state index is 13.3. The lowest BCUT2D eigenvalue weighted by molar-refractivity contribution is -0.0509. The average Bonchev–Trinajstić information content (AvgIpc) is 2.50. The Kier molecular flexibility index (Phi) is 5.50. The third-order valence-electron chi connectivity index (χ3n) is 4.83. The van der Waals surface area contributed by atoms with Crippen molar-refractivity contribution in [3.8, 4) is 5.75 Å². The summed E-state index contributed by atoms with van der Waals surface area (Å²) >= 11 is 0. The summed E-state index contributed by atoms with van der Waals surface area (Å²) in [6.45, 7) is 3.92. The van der Waals surface area contributed by atoms with Crippen molar-refractivity contribution in [1.29, 1.82) is 0 Å². The van der Waals surface area contributed by atoms with E-state index in [0.717, 1.165) is 37.6 Å². The summed E-state index contributed by atoms with van der Waals surface area (Å²) < 4.78 is 61.0. The van der Waals surface area contributed by atoms with Gasteiger partial charge in [-0.15, -0.1) is 0 Å². The van der Waals surface area contributed by atoms with E-state index in [1.165, 1.54) is 24.3 Å². The van der Waals surface area contributed by atoms with Crippen molar-refractivity contribution < 1.29 is 26.5 Å². The quantitative estimate of drug-likeness (QED) is 0.777. The molecule has 1 saturated carbocycles. The van der Waals surface area contributed by atoms with E-state index in [4.69, 9.17) is 9.29 Å². The van der Waals surface area contributed by atoms with E-state index in [1.54, 1.807) is 12.1 Å². The number of rotatable bonds is 3. The molecule has 2 N–H and O–H groups in total. The molecule has 0 amide bonds. The number of nitrogens with one attached hydrogen (secondary N) is 1. The Hall–Kier alpha value is -2.03. The second-order valence-corrected chi connectivity index (χ2v) is 8.54. The van der Waals surface area contributed by atoms with Crippen LogP contribution in [0.2, 0.25) is 0 Å². The first kappa shape index (κ1) is 19.7. The van der Waals surface area contributed by atoms with Crippen molar-refractivity contribution in [1.82, 2.24) is 5.32 Å². The van der Waals surface area contributed by atoms with Gasteiger partial charge in [-0.2, -0.15) is 8.42 Å². The van der Waals surface area contributed by atoms with Crippen LogP contribution in [-0.2, 0) is 10.1 Å². The lowest BCUT2D eigenvalue weighted by Gasteiger charge is -2.53. The second-order valence-electron chi connectivity index (χ2n) is 7.11. The molecule has 2 aliphatic rings. The van der Waals surface area contributed by atoms with Crippen LogP contribution in [0.5, 0.6) is 5.75 Å². The maximum Gasteiger partial charge on any atom is 0.294 e. The average molecular weight is 397 g/mol. The van der Waals surface area contributed by atoms with Crippen LogP contribution < -0.4 is 10.1 Å². The Morgan fingerprint density at radius 1 is 1.11 bits per heavy atom. The molecule has 1 heterocycles. The zero-order valence-corrected chi connectivity index (χ0v) is 15.6. The van der Waals surface area contributed by atoms with Crippen molar-refractivity contribution in [2.24, 2.45) is 5.41 Å². The van der Waals surface area contributed by atoms with Gasteiger partial charge in [0, 0.05) is 24.6 Å². The van der Waals surface area contributed by atoms with E-state index in [0.29, 0.717) is 5.41 Å². The van der Waals surface area contributed by atoms with Gasteiger partial charge in [-0.1, -0.05) is 17.7 Å². The van der Waals surface area contributed by atoms with Gasteiger partial charge in [0.25, 0.3) is 10.1 Å². The molecule has 0 unspecified atom stereocenters. The molecule has 8 heteroatoms. The minimum absolute atomic E-state index is 0.0666. The molecule has 0 radical (unpaired) electrons. The van der Waals surface area contributed by atoms with Gasteiger partial charge in [-0.3, -0.25) is 4.55 Å². The first-order valence-corrected chi connectivity index (χ1v) is 9.98. The molecule has 0 aromatic heterocycles. The van der Waals surface area contributed by atoms with E-state index in [1.807, 2.05) is 6.92 Å². The van der Waals surface area contributed by atoms with Crippen LogP contribution in [0.15, 0.2) is 47.4 Å². The number of aryl methyl sites for hydroxylation is 1. The number of hydrogen-bond donors (Lipinski definition) is 2. The number of hydrogen-bond acceptors (Lipinski definition) is 4. The molecule has 0 bridgehead atoms. The van der Waals surface area contributed by atoms with E-state index >= 15 is 0 Å². The Morgan fingerprint density at radius 3 is 2.22 bits per heavy atom. The predicted molar refractivity (Wildman–Crippen MR) is 96.3 cm³/mol. The molecule has 4 rings (SSSR count). The molecule has 1 spiro atoms. The van der Waals surface area contributed by atoms with E-state index < -0.39 is 21.8 Å². The zero-order valence-electron chi connectivity index (χ0n) is 14.8. The van der Waals surface area contributed by atoms with Crippen LogP contribution >= 0.6 is 0 Å². The highest BCUT2D eigenvalue weighted by Gasteiger charge is 2.49. The number of halogens is 2. The zero-order chi connectivity index (χ0) is 19.7. The van der Waals surface area contributed by atoms with Gasteiger partial charge in [0.15, 0.2) is 11.6 Å². The summed E-state index contributed by atoms with van der Waals surface area (Å²) in [5.74, 6) is -1.03. The lowest BCUT2D eigenvalue weighted by atomic mass is 9.63. The Morgan fingerprint density at radius 2 is 1.74 bits per heavy atom. The summed E-state index contributed by atoms with van der Waals surface area (Å²) in [6.07, 6.45) is 2.02. The van der Waals surface area contributed by atoms with Crippen LogP contribution in [0.3, 0.4) is 0 Å². The largest absolute Gasteiger partial charge is 0.487 e. The van der Waals surface area contributed by atoms with Crippen LogP contribution in [0.1, 0.15) is 18.4 Å². The normalized spacial score (nSPS) is 18.1. The molecule has 146 valence electrons. The van der Waals surface area contributed by atoms with E-state index in [9.17, 15) is 17.2 Å². The highest BCUT2D eigenvalue weighted by Crippen LogP contribution is 2.45. The SMILES string of the molecule is Cc1ccc(S(=O)(=O)O)cc1.Fc1ccc(OC2CC3(CNC3)C2)c(F)c1. The summed E-state index contributed by atoms with van der Waals surface area (Å²) in [4.78, 5) is -0.0666. The fourth-order valence-corrected chi connectivity index (χ4v) is 3.70. The molecule has 5 nitrogen and oxygen atoms in total. The molecule has 27 heavy (non-hydrogen) atoms. The Bertz CT molecular complexity index is 904. The minimum Gasteiger partial charge on any atom is -0.487 e. The van der Waals surface area contributed by atoms with Gasteiger partial charge in [0.2, 0.25) is 0 Å². The first-order chi connectivity index (χ1) is 12.7. The highest BCUT2D eigenvalue weighted by atomic mass is 32.2. The van der Waals surface area contributed by atoms with E-state index in [2.05, 4.69) is 5.32 Å². The Labute approximate surface area is 157 Å². The van der Waals surface area contributed by atoms with Crippen molar-refractivity contribution in [2.45, 2.75) is 30.8 Å². The van der Waals surface area contributed by atoms with Gasteiger partial charge in [-0.05, 0) is 44.0 Å². The molecule has 2 aromatic carbocycles. The van der Waals surface area contributed by atoms with Crippen LogP contribution in [0.25, 0.3) is 0 Å². The Balaban J connectivity index is 0.000000168. The second kappa shape index (κ2) is 7.53. The smallest absolute Gasteiger partial charge is 0.294 e. The minimum atomic E-state index is -4.02. The summed E-state index contributed by atoms with van der Waals surface area (Å²) in [5.41, 5.74) is 1.36. The summed E-state index contributed by atoms with van der Waals surface area (Å²) in [6, 6.07) is 9.42. The van der Waals surface area contributed by atoms with Gasteiger partial charge < -0.3 is 10.1 Å². The fraction of sp³-hybridized carbons (Fsp3) is 0.368. The third kappa shape index (κ3) is 4.82.